The van der Waals surface area contributed by atoms with Crippen molar-refractivity contribution in [2.45, 2.75) is 146 Å². The van der Waals surface area contributed by atoms with Crippen molar-refractivity contribution >= 4 is 99.8 Å². The lowest BCUT2D eigenvalue weighted by molar-refractivity contribution is -0.143. The van der Waals surface area contributed by atoms with Gasteiger partial charge in [-0.2, -0.15) is 0 Å². The molecule has 2 aromatic carbocycles. The standard InChI is InChI=1S/C62H95IN14O18/c63-43-35-42(20-22-49(43)78)37-47(69-55(84)19-12-26-74-27-29-75(38-50(64)79)31-33-77(40-52(66)81)34-32-76(30-28-74)39-51(65)80)57(87)71-48(36-41-13-4-3-5-14-41)58(88)70-44(59(89)90)15-8-10-24-67-53(82)17-6-1-2-7-18-54(83)68-25-11-9-16-45(60(91)92)72-62(95)73-46(61(93)94)21-23-56(85)86/h3-5,13-14,20,22,35,44-48,78H,1-2,6-12,15-19,21,23-34,36-40H2,(H2,64,79)(H2,65,80)(H2,66,81)(H,67,82)(H,68,83)(H,69,84)(H,70,88)(H,71,87)(H,85,86)(H,89,90)(H,91,92)(H,93,94)(H2,72,73,95)/t44-,45+,46+,47-,48-/m1/s1. The highest BCUT2D eigenvalue weighted by Gasteiger charge is 2.31. The Morgan fingerprint density at radius 3 is 1.28 bits per heavy atom. The predicted octanol–water partition coefficient (Wildman–Crippen LogP) is -1.24. The number of aliphatic carboxylic acids is 4. The van der Waals surface area contributed by atoms with E-state index in [1.165, 1.54) is 6.07 Å². The van der Waals surface area contributed by atoms with Gasteiger partial charge in [-0.25, -0.2) is 19.2 Å². The Balaban J connectivity index is 1.52. The van der Waals surface area contributed by atoms with E-state index in [-0.39, 0.29) is 95.2 Å². The van der Waals surface area contributed by atoms with Crippen LogP contribution < -0.4 is 54.4 Å². The average Bonchev–Trinajstić information content (AvgIpc) is 1.38. The van der Waals surface area contributed by atoms with Gasteiger partial charge in [-0.15, -0.1) is 0 Å². The minimum Gasteiger partial charge on any atom is -0.507 e. The number of benzene rings is 2. The number of unbranched alkanes of at least 4 members (excludes halogenated alkanes) is 5. The number of halogens is 1. The number of hydrogen-bond acceptors (Lipinski definition) is 18. The molecule has 0 spiro atoms. The van der Waals surface area contributed by atoms with E-state index in [0.29, 0.717) is 131 Å². The smallest absolute Gasteiger partial charge is 0.326 e. The molecule has 5 atom stereocenters. The number of carboxylic acid groups (broad SMARTS) is 4. The van der Waals surface area contributed by atoms with Crippen molar-refractivity contribution in [3.8, 4) is 5.75 Å². The summed E-state index contributed by atoms with van der Waals surface area (Å²) in [7, 11) is 0. The first-order valence-corrected chi connectivity index (χ1v) is 32.9. The normalized spacial score (nSPS) is 15.1. The molecule has 2 aromatic rings. The Morgan fingerprint density at radius 1 is 0.432 bits per heavy atom. The summed E-state index contributed by atoms with van der Waals surface area (Å²) < 4.78 is 0.485. The first-order valence-electron chi connectivity index (χ1n) is 31.8. The van der Waals surface area contributed by atoms with Crippen molar-refractivity contribution in [2.24, 2.45) is 17.2 Å². The van der Waals surface area contributed by atoms with Crippen LogP contribution in [-0.2, 0) is 70.4 Å². The zero-order valence-corrected chi connectivity index (χ0v) is 55.7. The van der Waals surface area contributed by atoms with E-state index >= 15 is 0 Å². The number of nitrogens with zero attached hydrogens (tertiary/aromatic N) is 4. The van der Waals surface area contributed by atoms with Crippen LogP contribution in [0.25, 0.3) is 0 Å². The van der Waals surface area contributed by atoms with Crippen molar-refractivity contribution in [3.05, 3.63) is 63.2 Å². The monoisotopic (exact) mass is 1450 g/mol. The number of urea groups is 1. The molecule has 528 valence electrons. The highest BCUT2D eigenvalue weighted by Crippen LogP contribution is 2.21. The lowest BCUT2D eigenvalue weighted by Crippen LogP contribution is -2.57. The van der Waals surface area contributed by atoms with E-state index in [9.17, 15) is 82.8 Å². The van der Waals surface area contributed by atoms with Gasteiger partial charge in [0.25, 0.3) is 0 Å². The van der Waals surface area contributed by atoms with E-state index < -0.39 is 108 Å². The SMILES string of the molecule is NC(=O)CN1CCN(CCCC(=O)N[C@H](Cc2ccc(O)c(I)c2)C(=O)N[C@H](Cc2ccccc2)C(=O)N[C@H](CCCCNC(=O)CCCCCCC(=O)NCCCC[C@H](NC(=O)N[C@@H](CCC(=O)O)C(=O)O)C(=O)O)C(=O)O)CCN(CC(N)=O)CCN(CC(N)=O)CC1. The lowest BCUT2D eigenvalue weighted by Gasteiger charge is -2.33. The van der Waals surface area contributed by atoms with Gasteiger partial charge in [0.1, 0.15) is 36.0 Å². The second kappa shape index (κ2) is 45.2. The summed E-state index contributed by atoms with van der Waals surface area (Å²) in [6.45, 7) is 4.03. The summed E-state index contributed by atoms with van der Waals surface area (Å²) >= 11 is 1.94. The third kappa shape index (κ3) is 36.3. The number of phenols is 1. The average molecular weight is 1450 g/mol. The minimum absolute atomic E-state index is 0.00370. The molecule has 18 N–H and O–H groups in total. The van der Waals surface area contributed by atoms with Crippen LogP contribution in [0, 0.1) is 3.57 Å². The van der Waals surface area contributed by atoms with Gasteiger partial charge in [0, 0.05) is 104 Å². The summed E-state index contributed by atoms with van der Waals surface area (Å²) in [5.41, 5.74) is 17.9. The Morgan fingerprint density at radius 2 is 0.842 bits per heavy atom. The molecule has 0 aromatic heterocycles. The number of carbonyl (C=O) groups is 13. The summed E-state index contributed by atoms with van der Waals surface area (Å²) in [6, 6.07) is 5.54. The zero-order chi connectivity index (χ0) is 70.2. The van der Waals surface area contributed by atoms with Crippen molar-refractivity contribution in [2.75, 3.05) is 91.6 Å². The summed E-state index contributed by atoms with van der Waals surface area (Å²) in [5, 5.41) is 66.0. The molecule has 95 heavy (non-hydrogen) atoms. The molecule has 32 nitrogen and oxygen atoms in total. The first kappa shape index (κ1) is 81.0. The first-order chi connectivity index (χ1) is 45.2. The molecule has 0 bridgehead atoms. The minimum atomic E-state index is -1.53. The van der Waals surface area contributed by atoms with Gasteiger partial charge in [-0.3, -0.25) is 57.9 Å². The molecule has 0 aliphatic carbocycles. The number of nitrogens with two attached hydrogens (primary N) is 3. The van der Waals surface area contributed by atoms with Crippen molar-refractivity contribution in [1.29, 1.82) is 0 Å². The van der Waals surface area contributed by atoms with E-state index in [1.807, 2.05) is 37.3 Å². The Kier molecular flexibility index (Phi) is 38.5. The molecule has 0 unspecified atom stereocenters. The van der Waals surface area contributed by atoms with E-state index in [0.717, 1.165) is 0 Å². The Labute approximate surface area is 565 Å². The molecular formula is C62H95IN14O18. The van der Waals surface area contributed by atoms with Crippen LogP contribution >= 0.6 is 22.6 Å². The van der Waals surface area contributed by atoms with Crippen LogP contribution in [0.5, 0.6) is 5.75 Å². The number of carboxylic acids is 4. The van der Waals surface area contributed by atoms with Crippen LogP contribution in [0.15, 0.2) is 48.5 Å². The van der Waals surface area contributed by atoms with Crippen LogP contribution in [-0.4, -0.2) is 244 Å². The van der Waals surface area contributed by atoms with Crippen LogP contribution in [0.2, 0.25) is 0 Å². The van der Waals surface area contributed by atoms with Crippen LogP contribution in [0.4, 0.5) is 4.79 Å². The summed E-state index contributed by atoms with van der Waals surface area (Å²) in [5.74, 6) is -9.46. The molecule has 1 fully saturated rings. The fraction of sp³-hybridized carbons (Fsp3) is 0.597. The molecule has 1 aliphatic rings. The fourth-order valence-corrected chi connectivity index (χ4v) is 10.9. The largest absolute Gasteiger partial charge is 0.507 e. The number of rotatable bonds is 44. The maximum atomic E-state index is 14.5. The second-order valence-electron chi connectivity index (χ2n) is 23.4. The number of phenolic OH excluding ortho intramolecular Hbond substituents is 1. The van der Waals surface area contributed by atoms with Crippen LogP contribution in [0.1, 0.15) is 114 Å². The number of carbonyl (C=O) groups excluding carboxylic acids is 9. The third-order valence-electron chi connectivity index (χ3n) is 15.5. The van der Waals surface area contributed by atoms with Crippen molar-refractivity contribution in [3.63, 3.8) is 0 Å². The zero-order valence-electron chi connectivity index (χ0n) is 53.6. The van der Waals surface area contributed by atoms with Gasteiger partial charge >= 0.3 is 29.9 Å². The van der Waals surface area contributed by atoms with Gasteiger partial charge in [0.05, 0.1) is 23.2 Å². The number of primary amides is 3. The summed E-state index contributed by atoms with van der Waals surface area (Å²) in [4.78, 5) is 170. The highest BCUT2D eigenvalue weighted by atomic mass is 127. The number of hydrogen-bond donors (Lipinski definition) is 15. The van der Waals surface area contributed by atoms with Gasteiger partial charge in [-0.1, -0.05) is 49.2 Å². The molecule has 0 radical (unpaired) electrons. The molecule has 33 heteroatoms. The number of aromatic hydroxyl groups is 1. The van der Waals surface area contributed by atoms with E-state index in [4.69, 9.17) is 22.3 Å². The maximum Gasteiger partial charge on any atom is 0.326 e. The second-order valence-corrected chi connectivity index (χ2v) is 24.5. The lowest BCUT2D eigenvalue weighted by atomic mass is 10.0. The third-order valence-corrected chi connectivity index (χ3v) is 16.3. The topological polar surface area (TPSA) is 498 Å². The molecule has 3 rings (SSSR count). The number of amides is 10. The quantitative estimate of drug-likeness (QED) is 0.0273. The van der Waals surface area contributed by atoms with Crippen LogP contribution in [0.3, 0.4) is 0 Å². The van der Waals surface area contributed by atoms with E-state index in [1.54, 1.807) is 42.5 Å². The van der Waals surface area contributed by atoms with E-state index in [2.05, 4.69) is 42.1 Å². The molecule has 10 amide bonds. The van der Waals surface area contributed by atoms with Gasteiger partial charge in [0.15, 0.2) is 0 Å². The molecule has 1 heterocycles. The molecule has 0 saturated carbocycles. The molecule has 1 aliphatic heterocycles. The molecule has 1 saturated heterocycles. The van der Waals surface area contributed by atoms with Gasteiger partial charge in [-0.05, 0) is 117 Å². The van der Waals surface area contributed by atoms with Crippen molar-refractivity contribution in [1.82, 2.24) is 56.8 Å². The van der Waals surface area contributed by atoms with Crippen molar-refractivity contribution < 1.29 is 87.9 Å². The Bertz CT molecular complexity index is 2830. The predicted molar refractivity (Wildman–Crippen MR) is 353 cm³/mol. The Hall–Kier alpha value is -8.28. The summed E-state index contributed by atoms with van der Waals surface area (Å²) in [6.07, 6.45) is 3.45. The number of nitrogens with one attached hydrogen (secondary N) is 7. The fourth-order valence-electron chi connectivity index (χ4n) is 10.3. The van der Waals surface area contributed by atoms with Gasteiger partial charge < -0.3 is 84.9 Å². The highest BCUT2D eigenvalue weighted by molar-refractivity contribution is 14.1. The molecular weight excluding hydrogens is 1360 g/mol. The maximum absolute atomic E-state index is 14.5. The van der Waals surface area contributed by atoms with Gasteiger partial charge in [0.2, 0.25) is 47.3 Å².